The maximum Gasteiger partial charge on any atom is 0.347 e. The molecule has 1 aliphatic rings. The molecule has 0 bridgehead atoms. The summed E-state index contributed by atoms with van der Waals surface area (Å²) in [6.45, 7) is 5.20. The van der Waals surface area contributed by atoms with E-state index >= 15 is 0 Å². The minimum absolute atomic E-state index is 0.181. The molecule has 26 heavy (non-hydrogen) atoms. The van der Waals surface area contributed by atoms with Crippen LogP contribution in [0.2, 0.25) is 5.02 Å². The molecule has 1 saturated heterocycles. The highest BCUT2D eigenvalue weighted by Gasteiger charge is 2.17. The van der Waals surface area contributed by atoms with Crippen LogP contribution in [0.4, 0.5) is 5.69 Å². The van der Waals surface area contributed by atoms with Gasteiger partial charge >= 0.3 is 5.69 Å². The Morgan fingerprint density at radius 1 is 1.12 bits per heavy atom. The molecule has 4 rings (SSSR count). The van der Waals surface area contributed by atoms with E-state index in [-0.39, 0.29) is 5.69 Å². The van der Waals surface area contributed by atoms with E-state index in [1.54, 1.807) is 10.6 Å². The Morgan fingerprint density at radius 3 is 2.77 bits per heavy atom. The second kappa shape index (κ2) is 7.51. The zero-order valence-corrected chi connectivity index (χ0v) is 15.3. The Morgan fingerprint density at radius 2 is 1.96 bits per heavy atom. The van der Waals surface area contributed by atoms with Crippen LogP contribution in [-0.4, -0.2) is 52.2 Å². The SMILES string of the molecule is O=c1[nH]nc2c(CCCN3CCN(c4cccc(Cl)c4)CC3)cccn12. The second-order valence-corrected chi connectivity index (χ2v) is 7.10. The van der Waals surface area contributed by atoms with E-state index in [1.807, 2.05) is 30.3 Å². The van der Waals surface area contributed by atoms with E-state index in [2.05, 4.69) is 26.1 Å². The molecule has 0 atom stereocenters. The molecular weight excluding hydrogens is 350 g/mol. The first-order chi connectivity index (χ1) is 12.7. The van der Waals surface area contributed by atoms with Gasteiger partial charge < -0.3 is 4.90 Å². The number of pyridine rings is 1. The molecule has 1 aliphatic heterocycles. The summed E-state index contributed by atoms with van der Waals surface area (Å²) in [5.74, 6) is 0. The standard InChI is InChI=1S/C19H22ClN5O/c20-16-6-1-7-17(14-16)24-12-10-23(11-13-24)8-2-4-15-5-3-9-25-18(15)21-22-19(25)26/h1,3,5-7,9,14H,2,4,8,10-13H2,(H,22,26). The molecule has 0 radical (unpaired) electrons. The van der Waals surface area contributed by atoms with Crippen LogP contribution in [-0.2, 0) is 6.42 Å². The van der Waals surface area contributed by atoms with Crippen molar-refractivity contribution in [1.82, 2.24) is 19.5 Å². The van der Waals surface area contributed by atoms with Crippen LogP contribution in [0.5, 0.6) is 0 Å². The molecule has 0 aliphatic carbocycles. The Balaban J connectivity index is 1.29. The third kappa shape index (κ3) is 3.61. The summed E-state index contributed by atoms with van der Waals surface area (Å²) in [6.07, 6.45) is 3.72. The highest BCUT2D eigenvalue weighted by atomic mass is 35.5. The number of aromatic amines is 1. The third-order valence-corrected chi connectivity index (χ3v) is 5.23. The Labute approximate surface area is 157 Å². The summed E-state index contributed by atoms with van der Waals surface area (Å²) in [5.41, 5.74) is 2.87. The largest absolute Gasteiger partial charge is 0.369 e. The van der Waals surface area contributed by atoms with E-state index in [1.165, 1.54) is 5.69 Å². The van der Waals surface area contributed by atoms with Crippen LogP contribution >= 0.6 is 11.6 Å². The molecule has 0 saturated carbocycles. The molecule has 6 nitrogen and oxygen atoms in total. The third-order valence-electron chi connectivity index (χ3n) is 4.99. The predicted octanol–water partition coefficient (Wildman–Crippen LogP) is 2.43. The Bertz CT molecular complexity index is 942. The van der Waals surface area contributed by atoms with E-state index < -0.39 is 0 Å². The lowest BCUT2D eigenvalue weighted by molar-refractivity contribution is 0.255. The quantitative estimate of drug-likeness (QED) is 0.748. The van der Waals surface area contributed by atoms with Gasteiger partial charge in [-0.2, -0.15) is 5.10 Å². The predicted molar refractivity (Wildman–Crippen MR) is 104 cm³/mol. The van der Waals surface area contributed by atoms with Crippen molar-refractivity contribution in [2.75, 3.05) is 37.6 Å². The second-order valence-electron chi connectivity index (χ2n) is 6.67. The maximum atomic E-state index is 11.6. The minimum Gasteiger partial charge on any atom is -0.369 e. The fraction of sp³-hybridized carbons (Fsp3) is 0.368. The molecule has 1 N–H and O–H groups in total. The van der Waals surface area contributed by atoms with Crippen molar-refractivity contribution in [2.24, 2.45) is 0 Å². The van der Waals surface area contributed by atoms with Gasteiger partial charge in [-0.25, -0.2) is 9.89 Å². The summed E-state index contributed by atoms with van der Waals surface area (Å²) in [5, 5.41) is 7.43. The number of piperazine rings is 1. The number of H-pyrrole nitrogens is 1. The number of hydrogen-bond acceptors (Lipinski definition) is 4. The number of benzene rings is 1. The van der Waals surface area contributed by atoms with E-state index in [4.69, 9.17) is 11.6 Å². The average Bonchev–Trinajstić information content (AvgIpc) is 3.04. The van der Waals surface area contributed by atoms with Crippen LogP contribution in [0.15, 0.2) is 47.4 Å². The molecule has 0 amide bonds. The molecule has 7 heteroatoms. The number of nitrogens with zero attached hydrogens (tertiary/aromatic N) is 4. The Kier molecular flexibility index (Phi) is 4.95. The normalized spacial score (nSPS) is 15.7. The number of hydrogen-bond donors (Lipinski definition) is 1. The lowest BCUT2D eigenvalue weighted by atomic mass is 10.1. The van der Waals surface area contributed by atoms with Crippen LogP contribution in [0.1, 0.15) is 12.0 Å². The number of aryl methyl sites for hydroxylation is 1. The number of fused-ring (bicyclic) bond motifs is 1. The highest BCUT2D eigenvalue weighted by molar-refractivity contribution is 6.30. The summed E-state index contributed by atoms with van der Waals surface area (Å²) >= 11 is 6.10. The average molecular weight is 372 g/mol. The molecule has 0 unspecified atom stereocenters. The van der Waals surface area contributed by atoms with Gasteiger partial charge in [-0.1, -0.05) is 23.7 Å². The van der Waals surface area contributed by atoms with Gasteiger partial charge in [0.15, 0.2) is 5.65 Å². The van der Waals surface area contributed by atoms with Crippen LogP contribution in [0.3, 0.4) is 0 Å². The van der Waals surface area contributed by atoms with Gasteiger partial charge in [0, 0.05) is 43.1 Å². The fourth-order valence-corrected chi connectivity index (χ4v) is 3.76. The molecule has 0 spiro atoms. The minimum atomic E-state index is -0.181. The number of anilines is 1. The van der Waals surface area contributed by atoms with Crippen molar-refractivity contribution < 1.29 is 0 Å². The molecule has 3 aromatic rings. The highest BCUT2D eigenvalue weighted by Crippen LogP contribution is 2.21. The first-order valence-corrected chi connectivity index (χ1v) is 9.36. The maximum absolute atomic E-state index is 11.6. The molecule has 2 aromatic heterocycles. The van der Waals surface area contributed by atoms with Crippen molar-refractivity contribution in [3.63, 3.8) is 0 Å². The van der Waals surface area contributed by atoms with Crippen LogP contribution in [0.25, 0.3) is 5.65 Å². The van der Waals surface area contributed by atoms with Crippen molar-refractivity contribution in [3.8, 4) is 0 Å². The van der Waals surface area contributed by atoms with Crippen molar-refractivity contribution in [2.45, 2.75) is 12.8 Å². The monoisotopic (exact) mass is 371 g/mol. The van der Waals surface area contributed by atoms with Gasteiger partial charge in [-0.05, 0) is 49.2 Å². The summed E-state index contributed by atoms with van der Waals surface area (Å²) in [4.78, 5) is 16.5. The zero-order chi connectivity index (χ0) is 17.9. The fourth-order valence-electron chi connectivity index (χ4n) is 3.58. The van der Waals surface area contributed by atoms with Crippen LogP contribution in [0, 0.1) is 0 Å². The van der Waals surface area contributed by atoms with E-state index in [9.17, 15) is 4.79 Å². The van der Waals surface area contributed by atoms with Gasteiger partial charge in [0.25, 0.3) is 0 Å². The Hall–Kier alpha value is -2.31. The molecule has 1 fully saturated rings. The summed E-state index contributed by atoms with van der Waals surface area (Å²) < 4.78 is 1.57. The smallest absolute Gasteiger partial charge is 0.347 e. The van der Waals surface area contributed by atoms with E-state index in [0.717, 1.165) is 61.8 Å². The first kappa shape index (κ1) is 17.1. The zero-order valence-electron chi connectivity index (χ0n) is 14.6. The van der Waals surface area contributed by atoms with Crippen LogP contribution < -0.4 is 10.6 Å². The van der Waals surface area contributed by atoms with E-state index in [0.29, 0.717) is 0 Å². The lowest BCUT2D eigenvalue weighted by Crippen LogP contribution is -2.46. The number of nitrogens with one attached hydrogen (secondary N) is 1. The van der Waals surface area contributed by atoms with Gasteiger partial charge in [0.2, 0.25) is 0 Å². The van der Waals surface area contributed by atoms with Gasteiger partial charge in [0.1, 0.15) is 0 Å². The summed E-state index contributed by atoms with van der Waals surface area (Å²) in [7, 11) is 0. The molecule has 1 aromatic carbocycles. The molecule has 136 valence electrons. The van der Waals surface area contributed by atoms with Gasteiger partial charge in [-0.3, -0.25) is 9.30 Å². The van der Waals surface area contributed by atoms with Gasteiger partial charge in [-0.15, -0.1) is 0 Å². The number of rotatable bonds is 5. The first-order valence-electron chi connectivity index (χ1n) is 8.98. The molecule has 3 heterocycles. The van der Waals surface area contributed by atoms with Crippen molar-refractivity contribution in [1.29, 1.82) is 0 Å². The summed E-state index contributed by atoms with van der Waals surface area (Å²) in [6, 6.07) is 12.0. The molecular formula is C19H22ClN5O. The lowest BCUT2D eigenvalue weighted by Gasteiger charge is -2.36. The van der Waals surface area contributed by atoms with Gasteiger partial charge in [0.05, 0.1) is 0 Å². The number of aromatic nitrogens is 3. The topological polar surface area (TPSA) is 56.6 Å². The van der Waals surface area contributed by atoms with Crippen molar-refractivity contribution >= 4 is 22.9 Å². The number of halogens is 1. The van der Waals surface area contributed by atoms with Crippen molar-refractivity contribution in [3.05, 3.63) is 63.7 Å².